The molecule has 0 amide bonds. The van der Waals surface area contributed by atoms with Crippen molar-refractivity contribution in [3.8, 4) is 0 Å². The molecule has 1 unspecified atom stereocenters. The molecular weight excluding hydrogens is 241 g/mol. The van der Waals surface area contributed by atoms with Crippen LogP contribution in [-0.2, 0) is 11.2 Å². The summed E-state index contributed by atoms with van der Waals surface area (Å²) in [5, 5.41) is 0.585. The van der Waals surface area contributed by atoms with E-state index in [4.69, 9.17) is 22.1 Å². The summed E-state index contributed by atoms with van der Waals surface area (Å²) in [7, 11) is 0. The molecule has 1 atom stereocenters. The second kappa shape index (κ2) is 5.34. The van der Waals surface area contributed by atoms with Gasteiger partial charge in [-0.1, -0.05) is 11.6 Å². The Morgan fingerprint density at radius 2 is 2.18 bits per heavy atom. The van der Waals surface area contributed by atoms with E-state index < -0.39 is 0 Å². The first kappa shape index (κ1) is 12.8. The Balaban J connectivity index is 2.15. The van der Waals surface area contributed by atoms with Crippen LogP contribution in [0.25, 0.3) is 0 Å². The van der Waals surface area contributed by atoms with Crippen LogP contribution in [0.1, 0.15) is 24.8 Å². The van der Waals surface area contributed by atoms with Crippen LogP contribution in [0.15, 0.2) is 18.2 Å². The highest BCUT2D eigenvalue weighted by Gasteiger charge is 2.27. The van der Waals surface area contributed by atoms with Crippen LogP contribution in [0.5, 0.6) is 0 Å². The molecule has 0 aliphatic carbocycles. The Kier molecular flexibility index (Phi) is 4.02. The Morgan fingerprint density at radius 3 is 3.00 bits per heavy atom. The summed E-state index contributed by atoms with van der Waals surface area (Å²) in [6.07, 6.45) is 3.23. The smallest absolute Gasteiger partial charge is 0.123 e. The third kappa shape index (κ3) is 3.41. The van der Waals surface area contributed by atoms with Crippen molar-refractivity contribution in [3.05, 3.63) is 34.6 Å². The quantitative estimate of drug-likeness (QED) is 0.884. The van der Waals surface area contributed by atoms with Gasteiger partial charge in [0.25, 0.3) is 0 Å². The maximum atomic E-state index is 13.2. The molecule has 0 saturated carbocycles. The average Bonchev–Trinajstić information content (AvgIpc) is 2.49. The van der Waals surface area contributed by atoms with Crippen LogP contribution in [0.2, 0.25) is 5.02 Å². The molecule has 2 rings (SSSR count). The molecule has 17 heavy (non-hydrogen) atoms. The van der Waals surface area contributed by atoms with E-state index in [2.05, 4.69) is 0 Å². The number of ether oxygens (including phenoxy) is 1. The number of benzene rings is 1. The van der Waals surface area contributed by atoms with E-state index in [0.29, 0.717) is 18.1 Å². The van der Waals surface area contributed by atoms with Gasteiger partial charge >= 0.3 is 0 Å². The minimum absolute atomic E-state index is 0.266. The van der Waals surface area contributed by atoms with Crippen molar-refractivity contribution in [3.63, 3.8) is 0 Å². The van der Waals surface area contributed by atoms with Gasteiger partial charge in [0.15, 0.2) is 0 Å². The van der Waals surface area contributed by atoms with Gasteiger partial charge in [0.05, 0.1) is 0 Å². The van der Waals surface area contributed by atoms with Crippen LogP contribution >= 0.6 is 11.6 Å². The van der Waals surface area contributed by atoms with Crippen molar-refractivity contribution in [2.24, 2.45) is 5.73 Å². The van der Waals surface area contributed by atoms with E-state index in [1.54, 1.807) is 6.07 Å². The van der Waals surface area contributed by atoms with E-state index in [1.165, 1.54) is 12.1 Å². The van der Waals surface area contributed by atoms with E-state index in [-0.39, 0.29) is 11.4 Å². The Hall–Kier alpha value is -0.640. The number of hydrogen-bond donors (Lipinski definition) is 1. The third-order valence-corrected chi connectivity index (χ3v) is 3.63. The second-order valence-corrected chi connectivity index (χ2v) is 5.15. The molecule has 94 valence electrons. The molecule has 0 radical (unpaired) electrons. The molecule has 1 heterocycles. The lowest BCUT2D eigenvalue weighted by Gasteiger charge is -2.28. The van der Waals surface area contributed by atoms with Crippen LogP contribution in [0.4, 0.5) is 4.39 Å². The first-order chi connectivity index (χ1) is 8.09. The average molecular weight is 258 g/mol. The van der Waals surface area contributed by atoms with Gasteiger partial charge in [0.1, 0.15) is 5.82 Å². The molecule has 2 N–H and O–H groups in total. The summed E-state index contributed by atoms with van der Waals surface area (Å²) >= 11 is 6.06. The summed E-state index contributed by atoms with van der Waals surface area (Å²) < 4.78 is 18.6. The lowest BCUT2D eigenvalue weighted by Crippen LogP contribution is -2.42. The molecule has 1 aliphatic rings. The highest BCUT2D eigenvalue weighted by atomic mass is 35.5. The first-order valence-corrected chi connectivity index (χ1v) is 6.27. The normalized spacial score (nSPS) is 25.6. The van der Waals surface area contributed by atoms with Gasteiger partial charge in [0.2, 0.25) is 0 Å². The fourth-order valence-corrected chi connectivity index (χ4v) is 2.45. The maximum Gasteiger partial charge on any atom is 0.123 e. The Bertz CT molecular complexity index is 389. The summed E-state index contributed by atoms with van der Waals surface area (Å²) in [6, 6.07) is 4.43. The minimum Gasteiger partial charge on any atom is -0.381 e. The lowest BCUT2D eigenvalue weighted by molar-refractivity contribution is 0.139. The molecule has 2 nitrogen and oxygen atoms in total. The molecule has 1 fully saturated rings. The molecule has 0 aromatic heterocycles. The molecule has 1 aromatic carbocycles. The van der Waals surface area contributed by atoms with Gasteiger partial charge in [-0.05, 0) is 49.4 Å². The summed E-state index contributed by atoms with van der Waals surface area (Å²) in [5.41, 5.74) is 6.81. The van der Waals surface area contributed by atoms with Crippen molar-refractivity contribution in [2.45, 2.75) is 31.2 Å². The summed E-state index contributed by atoms with van der Waals surface area (Å²) in [5.74, 6) is -0.266. The topological polar surface area (TPSA) is 35.2 Å². The van der Waals surface area contributed by atoms with Crippen molar-refractivity contribution >= 4 is 11.6 Å². The zero-order chi connectivity index (χ0) is 12.3. The summed E-state index contributed by atoms with van der Waals surface area (Å²) in [4.78, 5) is 0. The molecule has 0 bridgehead atoms. The standard InChI is InChI=1S/C13H17ClFNO/c14-12-3-2-11(15)8-10(12)9-13(16)4-1-6-17-7-5-13/h2-3,8H,1,4-7,9,16H2. The van der Waals surface area contributed by atoms with E-state index in [1.807, 2.05) is 0 Å². The van der Waals surface area contributed by atoms with Gasteiger partial charge in [-0.2, -0.15) is 0 Å². The highest BCUT2D eigenvalue weighted by molar-refractivity contribution is 6.31. The van der Waals surface area contributed by atoms with Crippen LogP contribution in [-0.4, -0.2) is 18.8 Å². The van der Waals surface area contributed by atoms with Crippen molar-refractivity contribution in [1.82, 2.24) is 0 Å². The fourth-order valence-electron chi connectivity index (χ4n) is 2.26. The van der Waals surface area contributed by atoms with Crippen molar-refractivity contribution in [2.75, 3.05) is 13.2 Å². The number of rotatable bonds is 2. The van der Waals surface area contributed by atoms with E-state index in [0.717, 1.165) is 31.4 Å². The zero-order valence-electron chi connectivity index (χ0n) is 9.72. The molecule has 1 saturated heterocycles. The van der Waals surface area contributed by atoms with Gasteiger partial charge < -0.3 is 10.5 Å². The van der Waals surface area contributed by atoms with Crippen molar-refractivity contribution < 1.29 is 9.13 Å². The molecule has 4 heteroatoms. The van der Waals surface area contributed by atoms with Crippen LogP contribution in [0.3, 0.4) is 0 Å². The third-order valence-electron chi connectivity index (χ3n) is 3.26. The van der Waals surface area contributed by atoms with Gasteiger partial charge in [0, 0.05) is 23.8 Å². The predicted molar refractivity (Wildman–Crippen MR) is 66.7 cm³/mol. The summed E-state index contributed by atoms with van der Waals surface area (Å²) in [6.45, 7) is 1.43. The zero-order valence-corrected chi connectivity index (χ0v) is 10.5. The molecular formula is C13H17ClFNO. The monoisotopic (exact) mass is 257 g/mol. The highest BCUT2D eigenvalue weighted by Crippen LogP contribution is 2.27. The molecule has 1 aromatic rings. The number of hydrogen-bond acceptors (Lipinski definition) is 2. The Morgan fingerprint density at radius 1 is 1.35 bits per heavy atom. The fraction of sp³-hybridized carbons (Fsp3) is 0.538. The number of halogens is 2. The van der Waals surface area contributed by atoms with Crippen LogP contribution < -0.4 is 5.73 Å². The number of nitrogens with two attached hydrogens (primary N) is 1. The largest absolute Gasteiger partial charge is 0.381 e. The Labute approximate surface area is 106 Å². The lowest BCUT2D eigenvalue weighted by atomic mass is 9.85. The van der Waals surface area contributed by atoms with E-state index >= 15 is 0 Å². The van der Waals surface area contributed by atoms with Gasteiger partial charge in [-0.25, -0.2) is 4.39 Å². The molecule has 0 spiro atoms. The van der Waals surface area contributed by atoms with Gasteiger partial charge in [-0.15, -0.1) is 0 Å². The molecule has 1 aliphatic heterocycles. The van der Waals surface area contributed by atoms with Crippen molar-refractivity contribution in [1.29, 1.82) is 0 Å². The first-order valence-electron chi connectivity index (χ1n) is 5.90. The van der Waals surface area contributed by atoms with E-state index in [9.17, 15) is 4.39 Å². The SMILES string of the molecule is NC1(Cc2cc(F)ccc2Cl)CCCOCC1. The second-order valence-electron chi connectivity index (χ2n) is 4.74. The minimum atomic E-state index is -0.325. The predicted octanol–water partition coefficient (Wildman–Crippen LogP) is 2.92. The van der Waals surface area contributed by atoms with Crippen LogP contribution in [0, 0.1) is 5.82 Å². The maximum absolute atomic E-state index is 13.2. The van der Waals surface area contributed by atoms with Gasteiger partial charge in [-0.3, -0.25) is 0 Å².